The molecule has 2 saturated heterocycles. The topological polar surface area (TPSA) is 84.8 Å². The number of aryl methyl sites for hydroxylation is 1. The second-order valence-electron chi connectivity index (χ2n) is 7.27. The first-order valence-electron chi connectivity index (χ1n) is 9.30. The lowest BCUT2D eigenvalue weighted by Gasteiger charge is -2.53. The first-order valence-corrected chi connectivity index (χ1v) is 10.1. The van der Waals surface area contributed by atoms with Crippen LogP contribution in [-0.4, -0.2) is 63.5 Å². The summed E-state index contributed by atoms with van der Waals surface area (Å²) in [6, 6.07) is 4.42. The molecule has 0 radical (unpaired) electrons. The Bertz CT molecular complexity index is 841. The first kappa shape index (κ1) is 22.4. The minimum Gasteiger partial charge on any atom is -0.475 e. The maximum absolute atomic E-state index is 10.6. The summed E-state index contributed by atoms with van der Waals surface area (Å²) in [5.41, 5.74) is -0.0303. The van der Waals surface area contributed by atoms with E-state index in [2.05, 4.69) is 33.9 Å². The predicted molar refractivity (Wildman–Crippen MR) is 102 cm³/mol. The van der Waals surface area contributed by atoms with Gasteiger partial charge in [-0.1, -0.05) is 0 Å². The van der Waals surface area contributed by atoms with Gasteiger partial charge in [0, 0.05) is 54.6 Å². The highest BCUT2D eigenvalue weighted by Gasteiger charge is 2.48. The molecule has 1 atom stereocenters. The van der Waals surface area contributed by atoms with Crippen LogP contribution in [0.4, 0.5) is 13.2 Å². The Morgan fingerprint density at radius 2 is 2.13 bits per heavy atom. The van der Waals surface area contributed by atoms with Gasteiger partial charge in [0.15, 0.2) is 0 Å². The number of halogens is 3. The van der Waals surface area contributed by atoms with Gasteiger partial charge in [-0.3, -0.25) is 9.88 Å². The number of aromatic nitrogens is 2. The smallest absolute Gasteiger partial charge is 0.475 e. The van der Waals surface area contributed by atoms with Crippen LogP contribution in [0.5, 0.6) is 5.88 Å². The van der Waals surface area contributed by atoms with Gasteiger partial charge >= 0.3 is 12.1 Å². The summed E-state index contributed by atoms with van der Waals surface area (Å²) < 4.78 is 43.8. The standard InChI is InChI=1S/C17H21N3O2S.C2HF3O2/c1-13-2-3-15(23-13)10-20-11-17(12-20)8-14(4-7-21-17)22-16-9-18-5-6-19-16;3-2(4,5)1(6)7/h2-3,5-6,9,14H,4,7-8,10-12H2,1H3;(H,6,7). The molecule has 164 valence electrons. The molecular weight excluding hydrogens is 423 g/mol. The number of alkyl halides is 3. The fourth-order valence-corrected chi connectivity index (χ4v) is 4.42. The van der Waals surface area contributed by atoms with E-state index in [1.165, 1.54) is 9.75 Å². The van der Waals surface area contributed by atoms with Crippen LogP contribution in [-0.2, 0) is 16.1 Å². The molecule has 0 aliphatic carbocycles. The summed E-state index contributed by atoms with van der Waals surface area (Å²) in [6.07, 6.45) is 1.94. The van der Waals surface area contributed by atoms with Gasteiger partial charge in [0.1, 0.15) is 6.10 Å². The normalized spacial score (nSPS) is 20.7. The van der Waals surface area contributed by atoms with Gasteiger partial charge < -0.3 is 14.6 Å². The third kappa shape index (κ3) is 6.13. The minimum absolute atomic E-state index is 0.0303. The van der Waals surface area contributed by atoms with Crippen molar-refractivity contribution in [1.82, 2.24) is 14.9 Å². The second kappa shape index (κ2) is 9.27. The molecule has 2 aromatic rings. The molecule has 1 N–H and O–H groups in total. The fraction of sp³-hybridized carbons (Fsp3) is 0.526. The van der Waals surface area contributed by atoms with E-state index in [0.717, 1.165) is 39.1 Å². The van der Waals surface area contributed by atoms with Crippen molar-refractivity contribution in [3.8, 4) is 5.88 Å². The summed E-state index contributed by atoms with van der Waals surface area (Å²) >= 11 is 1.88. The summed E-state index contributed by atoms with van der Waals surface area (Å²) in [6.45, 7) is 5.93. The maximum Gasteiger partial charge on any atom is 0.490 e. The first-order chi connectivity index (χ1) is 14.2. The molecule has 2 aliphatic rings. The van der Waals surface area contributed by atoms with Crippen LogP contribution in [0.2, 0.25) is 0 Å². The SMILES string of the molecule is Cc1ccc(CN2CC3(CC(Oc4cnccn4)CCO3)C2)s1.O=C(O)C(F)(F)F. The van der Waals surface area contributed by atoms with Crippen LogP contribution < -0.4 is 4.74 Å². The Labute approximate surface area is 175 Å². The van der Waals surface area contributed by atoms with E-state index in [9.17, 15) is 13.2 Å². The van der Waals surface area contributed by atoms with Crippen molar-refractivity contribution < 1.29 is 32.5 Å². The number of carbonyl (C=O) groups is 1. The molecule has 11 heteroatoms. The Balaban J connectivity index is 0.000000318. The van der Waals surface area contributed by atoms with E-state index in [1.807, 2.05) is 11.3 Å². The maximum atomic E-state index is 10.6. The number of hydrogen-bond donors (Lipinski definition) is 1. The monoisotopic (exact) mass is 445 g/mol. The molecule has 0 saturated carbocycles. The molecule has 30 heavy (non-hydrogen) atoms. The zero-order valence-electron chi connectivity index (χ0n) is 16.3. The Kier molecular flexibility index (Phi) is 6.94. The van der Waals surface area contributed by atoms with Crippen LogP contribution in [0.25, 0.3) is 0 Å². The van der Waals surface area contributed by atoms with Gasteiger partial charge in [-0.05, 0) is 19.1 Å². The molecule has 1 unspecified atom stereocenters. The number of carboxylic acid groups (broad SMARTS) is 1. The van der Waals surface area contributed by atoms with E-state index < -0.39 is 12.1 Å². The molecule has 4 heterocycles. The minimum atomic E-state index is -5.08. The number of carboxylic acids is 1. The van der Waals surface area contributed by atoms with Crippen LogP contribution >= 0.6 is 11.3 Å². The van der Waals surface area contributed by atoms with Crippen molar-refractivity contribution in [3.05, 3.63) is 40.5 Å². The summed E-state index contributed by atoms with van der Waals surface area (Å²) in [4.78, 5) is 22.4. The number of nitrogens with zero attached hydrogens (tertiary/aromatic N) is 3. The Hall–Kier alpha value is -2.24. The average molecular weight is 445 g/mol. The number of hydrogen-bond acceptors (Lipinski definition) is 7. The van der Waals surface area contributed by atoms with E-state index >= 15 is 0 Å². The Morgan fingerprint density at radius 1 is 1.40 bits per heavy atom. The van der Waals surface area contributed by atoms with Crippen molar-refractivity contribution in [2.45, 2.75) is 44.2 Å². The van der Waals surface area contributed by atoms with Crippen molar-refractivity contribution in [2.24, 2.45) is 0 Å². The summed E-state index contributed by atoms with van der Waals surface area (Å²) in [5, 5.41) is 7.12. The summed E-state index contributed by atoms with van der Waals surface area (Å²) in [5.74, 6) is -2.15. The number of ether oxygens (including phenoxy) is 2. The van der Waals surface area contributed by atoms with Gasteiger partial charge in [-0.15, -0.1) is 11.3 Å². The van der Waals surface area contributed by atoms with E-state index in [1.54, 1.807) is 18.6 Å². The highest BCUT2D eigenvalue weighted by Crippen LogP contribution is 2.36. The zero-order valence-corrected chi connectivity index (χ0v) is 17.1. The third-order valence-corrected chi connectivity index (χ3v) is 5.70. The molecule has 7 nitrogen and oxygen atoms in total. The van der Waals surface area contributed by atoms with Crippen molar-refractivity contribution in [1.29, 1.82) is 0 Å². The Morgan fingerprint density at radius 3 is 2.70 bits per heavy atom. The van der Waals surface area contributed by atoms with E-state index in [-0.39, 0.29) is 11.7 Å². The average Bonchev–Trinajstić information content (AvgIpc) is 3.06. The molecule has 2 fully saturated rings. The van der Waals surface area contributed by atoms with Gasteiger partial charge in [-0.25, -0.2) is 9.78 Å². The number of aliphatic carboxylic acids is 1. The molecule has 0 amide bonds. The second-order valence-corrected chi connectivity index (χ2v) is 8.64. The fourth-order valence-electron chi connectivity index (χ4n) is 3.49. The van der Waals surface area contributed by atoms with Gasteiger partial charge in [0.05, 0.1) is 18.4 Å². The van der Waals surface area contributed by atoms with Crippen molar-refractivity contribution in [3.63, 3.8) is 0 Å². The van der Waals surface area contributed by atoms with E-state index in [4.69, 9.17) is 19.4 Å². The van der Waals surface area contributed by atoms with Gasteiger partial charge in [0.2, 0.25) is 5.88 Å². The highest BCUT2D eigenvalue weighted by molar-refractivity contribution is 7.11. The van der Waals surface area contributed by atoms with Crippen molar-refractivity contribution in [2.75, 3.05) is 19.7 Å². The zero-order chi connectivity index (χ0) is 21.8. The van der Waals surface area contributed by atoms with E-state index in [0.29, 0.717) is 5.88 Å². The molecule has 4 rings (SSSR count). The number of thiophene rings is 1. The lowest BCUT2D eigenvalue weighted by molar-refractivity contribution is -0.192. The molecular formula is C19H22F3N3O4S. The largest absolute Gasteiger partial charge is 0.490 e. The quantitative estimate of drug-likeness (QED) is 0.773. The van der Waals surface area contributed by atoms with Gasteiger partial charge in [0.25, 0.3) is 0 Å². The lowest BCUT2D eigenvalue weighted by Crippen LogP contribution is -2.65. The molecule has 1 spiro atoms. The third-order valence-electron chi connectivity index (χ3n) is 4.72. The van der Waals surface area contributed by atoms with Gasteiger partial charge in [-0.2, -0.15) is 13.2 Å². The predicted octanol–water partition coefficient (Wildman–Crippen LogP) is 3.29. The van der Waals surface area contributed by atoms with Crippen molar-refractivity contribution >= 4 is 17.3 Å². The number of likely N-dealkylation sites (tertiary alicyclic amines) is 1. The highest BCUT2D eigenvalue weighted by atomic mass is 32.1. The van der Waals surface area contributed by atoms with Crippen LogP contribution in [0.3, 0.4) is 0 Å². The lowest BCUT2D eigenvalue weighted by atomic mass is 9.84. The molecule has 2 aromatic heterocycles. The van der Waals surface area contributed by atoms with Crippen LogP contribution in [0, 0.1) is 6.92 Å². The van der Waals surface area contributed by atoms with Crippen LogP contribution in [0.15, 0.2) is 30.7 Å². The number of rotatable bonds is 4. The molecule has 0 bridgehead atoms. The molecule has 0 aromatic carbocycles. The summed E-state index contributed by atoms with van der Waals surface area (Å²) in [7, 11) is 0. The van der Waals surface area contributed by atoms with Crippen LogP contribution in [0.1, 0.15) is 22.6 Å². The molecule has 2 aliphatic heterocycles.